The Morgan fingerprint density at radius 3 is 2.79 bits per heavy atom. The van der Waals surface area contributed by atoms with Crippen LogP contribution in [0.3, 0.4) is 0 Å². The van der Waals surface area contributed by atoms with Crippen molar-refractivity contribution >= 4 is 17.3 Å². The van der Waals surface area contributed by atoms with Crippen LogP contribution in [0.5, 0.6) is 0 Å². The maximum atomic E-state index is 13.8. The zero-order chi connectivity index (χ0) is 21.0. The monoisotopic (exact) mass is 404 g/mol. The molecule has 2 aliphatic rings. The lowest BCUT2D eigenvalue weighted by Crippen LogP contribution is -2.45. The highest BCUT2D eigenvalue weighted by molar-refractivity contribution is 5.90. The molecule has 1 aliphatic carbocycles. The fourth-order valence-corrected chi connectivity index (χ4v) is 3.67. The summed E-state index contributed by atoms with van der Waals surface area (Å²) in [4.78, 5) is 17.9. The summed E-state index contributed by atoms with van der Waals surface area (Å²) in [6, 6.07) is 3.79. The van der Waals surface area contributed by atoms with Crippen LogP contribution in [-0.4, -0.2) is 61.6 Å². The molecule has 2 atom stereocenters. The minimum absolute atomic E-state index is 0.0624. The molecule has 1 heterocycles. The number of rotatable bonds is 9. The van der Waals surface area contributed by atoms with Crippen LogP contribution in [0.2, 0.25) is 0 Å². The molecule has 0 fully saturated rings. The van der Waals surface area contributed by atoms with E-state index in [2.05, 4.69) is 10.2 Å². The highest BCUT2D eigenvalue weighted by Crippen LogP contribution is 2.34. The van der Waals surface area contributed by atoms with E-state index < -0.39 is 17.5 Å². The van der Waals surface area contributed by atoms with Gasteiger partial charge < -0.3 is 20.7 Å². The number of nitrogens with one attached hydrogen (secondary N) is 1. The molecule has 0 aromatic heterocycles. The van der Waals surface area contributed by atoms with E-state index in [1.165, 1.54) is 6.07 Å². The number of amidine groups is 1. The average molecular weight is 404 g/mol. The first-order valence-corrected chi connectivity index (χ1v) is 9.66. The Morgan fingerprint density at radius 1 is 1.31 bits per heavy atom. The number of aliphatic imine (C=N–C) groups is 1. The Bertz CT molecular complexity index is 866. The van der Waals surface area contributed by atoms with Gasteiger partial charge in [-0.15, -0.1) is 0 Å². The maximum absolute atomic E-state index is 13.8. The van der Waals surface area contributed by atoms with Crippen molar-refractivity contribution in [3.63, 3.8) is 0 Å². The summed E-state index contributed by atoms with van der Waals surface area (Å²) in [5, 5.41) is 3.00. The summed E-state index contributed by atoms with van der Waals surface area (Å²) in [6.45, 7) is 6.12. The number of amides is 1. The van der Waals surface area contributed by atoms with Crippen LogP contribution in [0.15, 0.2) is 40.9 Å². The number of allylic oxidation sites excluding steroid dienone is 2. The van der Waals surface area contributed by atoms with Gasteiger partial charge in [-0.25, -0.2) is 8.78 Å². The number of primary amides is 1. The number of ether oxygens (including phenoxy) is 1. The molecule has 29 heavy (non-hydrogen) atoms. The highest BCUT2D eigenvalue weighted by atomic mass is 19.2. The van der Waals surface area contributed by atoms with E-state index in [1.807, 2.05) is 26.0 Å². The molecule has 0 bridgehead atoms. The predicted molar refractivity (Wildman–Crippen MR) is 108 cm³/mol. The molecule has 156 valence electrons. The van der Waals surface area contributed by atoms with Crippen molar-refractivity contribution in [3.8, 4) is 0 Å². The van der Waals surface area contributed by atoms with E-state index in [0.717, 1.165) is 23.0 Å². The first-order valence-electron chi connectivity index (χ1n) is 9.66. The van der Waals surface area contributed by atoms with E-state index in [0.29, 0.717) is 31.9 Å². The number of hydrogen-bond acceptors (Lipinski definition) is 5. The Labute approximate surface area is 169 Å². The van der Waals surface area contributed by atoms with Crippen molar-refractivity contribution in [2.24, 2.45) is 10.7 Å². The molecule has 3 rings (SSSR count). The lowest BCUT2D eigenvalue weighted by molar-refractivity contribution is -0.117. The van der Waals surface area contributed by atoms with Gasteiger partial charge in [0.15, 0.2) is 11.6 Å². The summed E-state index contributed by atoms with van der Waals surface area (Å²) in [5.41, 5.74) is 7.64. The first kappa shape index (κ1) is 21.1. The van der Waals surface area contributed by atoms with Gasteiger partial charge in [0, 0.05) is 13.2 Å². The number of benzene rings is 1. The Hall–Kier alpha value is -2.58. The molecule has 0 spiro atoms. The van der Waals surface area contributed by atoms with Crippen LogP contribution in [0.4, 0.5) is 8.78 Å². The molecule has 1 aromatic carbocycles. The number of halogens is 2. The smallest absolute Gasteiger partial charge is 0.231 e. The Balaban J connectivity index is 1.85. The fraction of sp³-hybridized carbons (Fsp3) is 0.429. The van der Waals surface area contributed by atoms with Crippen LogP contribution < -0.4 is 11.1 Å². The number of fused-ring (bicyclic) bond motifs is 1. The fourth-order valence-electron chi connectivity index (χ4n) is 3.67. The van der Waals surface area contributed by atoms with Crippen molar-refractivity contribution in [3.05, 3.63) is 53.1 Å². The summed E-state index contributed by atoms with van der Waals surface area (Å²) in [6.07, 6.45) is 4.08. The molecule has 2 unspecified atom stereocenters. The standard InChI is InChI=1S/C21H26F2N4O2/c1-3-29-7-6-27-19-10-15(14-4-5-16(22)17(23)9-14)13(2)8-18(19)26-21(27)12-25-11-20(24)28/h4-5,8-10,18-19,25H,3,6-7,11-12H2,1-2H3,(H2,24,28). The lowest BCUT2D eigenvalue weighted by atomic mass is 9.88. The summed E-state index contributed by atoms with van der Waals surface area (Å²) >= 11 is 0. The molecule has 8 heteroatoms. The van der Waals surface area contributed by atoms with Gasteiger partial charge in [-0.1, -0.05) is 18.2 Å². The van der Waals surface area contributed by atoms with E-state index in [-0.39, 0.29) is 18.6 Å². The van der Waals surface area contributed by atoms with Gasteiger partial charge >= 0.3 is 0 Å². The van der Waals surface area contributed by atoms with Crippen LogP contribution in [-0.2, 0) is 9.53 Å². The number of carbonyl (C=O) groups is 1. The zero-order valence-corrected chi connectivity index (χ0v) is 16.6. The van der Waals surface area contributed by atoms with E-state index >= 15 is 0 Å². The highest BCUT2D eigenvalue weighted by Gasteiger charge is 2.36. The lowest BCUT2D eigenvalue weighted by Gasteiger charge is -2.31. The molecule has 6 nitrogen and oxygen atoms in total. The van der Waals surface area contributed by atoms with Gasteiger partial charge in [0.05, 0.1) is 31.8 Å². The normalized spacial score (nSPS) is 20.8. The van der Waals surface area contributed by atoms with Gasteiger partial charge in [0.1, 0.15) is 5.84 Å². The van der Waals surface area contributed by atoms with Gasteiger partial charge in [-0.3, -0.25) is 9.79 Å². The molecule has 0 saturated carbocycles. The van der Waals surface area contributed by atoms with Gasteiger partial charge in [0.25, 0.3) is 0 Å². The van der Waals surface area contributed by atoms with Crippen LogP contribution in [0.1, 0.15) is 19.4 Å². The van der Waals surface area contributed by atoms with Gasteiger partial charge in [-0.2, -0.15) is 0 Å². The van der Waals surface area contributed by atoms with Gasteiger partial charge in [0.2, 0.25) is 5.91 Å². The number of hydrogen-bond donors (Lipinski definition) is 2. The molecular formula is C21H26F2N4O2. The summed E-state index contributed by atoms with van der Waals surface area (Å²) in [7, 11) is 0. The third kappa shape index (κ3) is 4.89. The number of nitrogens with zero attached hydrogens (tertiary/aromatic N) is 2. The third-order valence-electron chi connectivity index (χ3n) is 5.02. The molecule has 0 radical (unpaired) electrons. The topological polar surface area (TPSA) is 80.0 Å². The Morgan fingerprint density at radius 2 is 2.10 bits per heavy atom. The SMILES string of the molecule is CCOCCN1C(CNCC(N)=O)=NC2C=C(C)C(c3ccc(F)c(F)c3)=CC21. The zero-order valence-electron chi connectivity index (χ0n) is 16.6. The average Bonchev–Trinajstić information content (AvgIpc) is 2.99. The second-order valence-electron chi connectivity index (χ2n) is 7.05. The Kier molecular flexibility index (Phi) is 6.76. The number of nitrogens with two attached hydrogens (primary N) is 1. The van der Waals surface area contributed by atoms with Crippen molar-refractivity contribution in [1.82, 2.24) is 10.2 Å². The molecule has 1 aliphatic heterocycles. The first-order chi connectivity index (χ1) is 13.9. The van der Waals surface area contributed by atoms with Crippen LogP contribution in [0, 0.1) is 11.6 Å². The van der Waals surface area contributed by atoms with E-state index in [9.17, 15) is 13.6 Å². The molecule has 3 N–H and O–H groups in total. The quantitative estimate of drug-likeness (QED) is 0.616. The van der Waals surface area contributed by atoms with E-state index in [4.69, 9.17) is 15.5 Å². The third-order valence-corrected chi connectivity index (χ3v) is 5.02. The van der Waals surface area contributed by atoms with Crippen molar-refractivity contribution in [1.29, 1.82) is 0 Å². The van der Waals surface area contributed by atoms with Crippen LogP contribution >= 0.6 is 0 Å². The molecule has 0 saturated heterocycles. The summed E-state index contributed by atoms with van der Waals surface area (Å²) < 4.78 is 32.6. The number of carbonyl (C=O) groups excluding carboxylic acids is 1. The second-order valence-corrected chi connectivity index (χ2v) is 7.05. The van der Waals surface area contributed by atoms with E-state index in [1.54, 1.807) is 6.07 Å². The second kappa shape index (κ2) is 9.28. The molecular weight excluding hydrogens is 378 g/mol. The predicted octanol–water partition coefficient (Wildman–Crippen LogP) is 1.87. The molecule has 1 aromatic rings. The minimum atomic E-state index is -0.870. The van der Waals surface area contributed by atoms with Crippen LogP contribution in [0.25, 0.3) is 5.57 Å². The van der Waals surface area contributed by atoms with Crippen molar-refractivity contribution in [2.75, 3.05) is 32.8 Å². The van der Waals surface area contributed by atoms with Crippen molar-refractivity contribution < 1.29 is 18.3 Å². The summed E-state index contributed by atoms with van der Waals surface area (Å²) in [5.74, 6) is -1.36. The largest absolute Gasteiger partial charge is 0.380 e. The minimum Gasteiger partial charge on any atom is -0.380 e. The maximum Gasteiger partial charge on any atom is 0.231 e. The van der Waals surface area contributed by atoms with Crippen molar-refractivity contribution in [2.45, 2.75) is 25.9 Å². The van der Waals surface area contributed by atoms with Gasteiger partial charge in [-0.05, 0) is 42.7 Å². The molecule has 1 amide bonds.